The predicted molar refractivity (Wildman–Crippen MR) is 118 cm³/mol. The van der Waals surface area contributed by atoms with Crippen molar-refractivity contribution in [2.45, 2.75) is 52.4 Å². The minimum absolute atomic E-state index is 0.214. The molecule has 158 valence electrons. The summed E-state index contributed by atoms with van der Waals surface area (Å²) in [5.74, 6) is 0. The van der Waals surface area contributed by atoms with Crippen molar-refractivity contribution in [1.82, 2.24) is 10.3 Å². The van der Waals surface area contributed by atoms with Gasteiger partial charge < -0.3 is 19.4 Å². The Bertz CT molecular complexity index is 896. The Morgan fingerprint density at radius 1 is 1.13 bits per heavy atom. The van der Waals surface area contributed by atoms with Gasteiger partial charge in [0, 0.05) is 18.4 Å². The van der Waals surface area contributed by atoms with Gasteiger partial charge >= 0.3 is 13.2 Å². The van der Waals surface area contributed by atoms with E-state index in [0.29, 0.717) is 0 Å². The second-order valence-corrected chi connectivity index (χ2v) is 8.45. The van der Waals surface area contributed by atoms with E-state index in [9.17, 15) is 4.79 Å². The van der Waals surface area contributed by atoms with E-state index in [1.165, 1.54) is 0 Å². The van der Waals surface area contributed by atoms with E-state index in [0.717, 1.165) is 22.3 Å². The summed E-state index contributed by atoms with van der Waals surface area (Å²) in [7, 11) is -0.571. The summed E-state index contributed by atoms with van der Waals surface area (Å²) in [6.45, 7) is 10.4. The van der Waals surface area contributed by atoms with Gasteiger partial charge in [0.2, 0.25) is 0 Å². The molecule has 7 heteroatoms. The van der Waals surface area contributed by atoms with Gasteiger partial charge in [0.15, 0.2) is 0 Å². The van der Waals surface area contributed by atoms with Crippen LogP contribution in [0.15, 0.2) is 54.1 Å². The first-order valence-corrected chi connectivity index (χ1v) is 10.1. The number of benzene rings is 1. The maximum Gasteiger partial charge on any atom is 0.492 e. The quantitative estimate of drug-likeness (QED) is 0.721. The third kappa shape index (κ3) is 5.49. The van der Waals surface area contributed by atoms with Crippen molar-refractivity contribution in [1.29, 1.82) is 0 Å². The highest BCUT2D eigenvalue weighted by molar-refractivity contribution is 6.56. The average Bonchev–Trinajstić information content (AvgIpc) is 2.91. The molecule has 2 aromatic rings. The molecular weight excluding hydrogens is 379 g/mol. The number of amides is 1. The summed E-state index contributed by atoms with van der Waals surface area (Å²) in [6.07, 6.45) is 3.23. The number of aromatic nitrogens is 1. The van der Waals surface area contributed by atoms with Crippen LogP contribution < -0.4 is 5.32 Å². The van der Waals surface area contributed by atoms with Crippen LogP contribution in [0.5, 0.6) is 0 Å². The first kappa shape index (κ1) is 22.1. The number of hydrogen-bond acceptors (Lipinski definition) is 5. The zero-order valence-electron chi connectivity index (χ0n) is 18.3. The largest absolute Gasteiger partial charge is 0.492 e. The summed E-state index contributed by atoms with van der Waals surface area (Å²) in [6, 6.07) is 13.4. The Balaban J connectivity index is 1.71. The molecular formula is C23H29BN2O4. The van der Waals surface area contributed by atoms with Gasteiger partial charge in [-0.05, 0) is 63.4 Å². The van der Waals surface area contributed by atoms with Crippen molar-refractivity contribution < 1.29 is 18.8 Å². The fraction of sp³-hybridized carbons (Fsp3) is 0.391. The fourth-order valence-corrected chi connectivity index (χ4v) is 3.02. The Morgan fingerprint density at radius 2 is 1.80 bits per heavy atom. The first-order valence-electron chi connectivity index (χ1n) is 10.1. The molecule has 0 saturated carbocycles. The van der Waals surface area contributed by atoms with E-state index < -0.39 is 24.4 Å². The molecule has 6 nitrogen and oxygen atoms in total. The smallest absolute Gasteiger partial charge is 0.445 e. The number of nitrogens with one attached hydrogen (secondary N) is 1. The molecule has 0 spiro atoms. The van der Waals surface area contributed by atoms with Gasteiger partial charge in [-0.1, -0.05) is 36.4 Å². The molecule has 3 rings (SSSR count). The number of ether oxygens (including phenoxy) is 1. The van der Waals surface area contributed by atoms with E-state index in [1.807, 2.05) is 83.2 Å². The summed E-state index contributed by atoms with van der Waals surface area (Å²) in [4.78, 5) is 16.5. The van der Waals surface area contributed by atoms with Crippen LogP contribution in [0.1, 0.15) is 44.5 Å². The Hall–Kier alpha value is -2.64. The Morgan fingerprint density at radius 3 is 2.43 bits per heavy atom. The zero-order valence-corrected chi connectivity index (χ0v) is 18.3. The van der Waals surface area contributed by atoms with Gasteiger partial charge in [0.25, 0.3) is 0 Å². The summed E-state index contributed by atoms with van der Waals surface area (Å²) >= 11 is 0. The molecule has 30 heavy (non-hydrogen) atoms. The monoisotopic (exact) mass is 408 g/mol. The third-order valence-corrected chi connectivity index (χ3v) is 5.48. The molecule has 1 amide bonds. The molecule has 1 saturated heterocycles. The fourth-order valence-electron chi connectivity index (χ4n) is 3.02. The second-order valence-electron chi connectivity index (χ2n) is 8.45. The van der Waals surface area contributed by atoms with Crippen LogP contribution in [0.4, 0.5) is 4.79 Å². The highest BCUT2D eigenvalue weighted by atomic mass is 16.7. The summed E-state index contributed by atoms with van der Waals surface area (Å²) < 4.78 is 17.7. The number of nitrogens with zero attached hydrogens (tertiary/aromatic N) is 1. The van der Waals surface area contributed by atoms with Crippen LogP contribution in [0.25, 0.3) is 6.08 Å². The van der Waals surface area contributed by atoms with Crippen molar-refractivity contribution in [3.63, 3.8) is 0 Å². The number of carbonyl (C=O) groups is 1. The van der Waals surface area contributed by atoms with Gasteiger partial charge in [-0.25, -0.2) is 4.79 Å². The number of hydrogen-bond donors (Lipinski definition) is 1. The van der Waals surface area contributed by atoms with Crippen LogP contribution in [0.2, 0.25) is 0 Å². The van der Waals surface area contributed by atoms with E-state index in [1.54, 1.807) is 6.20 Å². The van der Waals surface area contributed by atoms with E-state index >= 15 is 0 Å². The van der Waals surface area contributed by atoms with Crippen LogP contribution in [0, 0.1) is 6.92 Å². The minimum Gasteiger partial charge on any atom is -0.445 e. The number of rotatable bonds is 6. The second kappa shape index (κ2) is 9.02. The van der Waals surface area contributed by atoms with Crippen LogP contribution in [-0.2, 0) is 20.7 Å². The Kier molecular flexibility index (Phi) is 6.63. The molecule has 0 atom stereocenters. The van der Waals surface area contributed by atoms with Crippen LogP contribution >= 0.6 is 0 Å². The lowest BCUT2D eigenvalue weighted by Gasteiger charge is -2.32. The predicted octanol–water partition coefficient (Wildman–Crippen LogP) is 4.33. The number of aryl methyl sites for hydroxylation is 1. The highest BCUT2D eigenvalue weighted by Crippen LogP contribution is 2.38. The normalized spacial score (nSPS) is 17.6. The van der Waals surface area contributed by atoms with Gasteiger partial charge in [0.05, 0.1) is 11.2 Å². The standard InChI is InChI=1S/C23H29BN2O4/c1-17-13-19(11-12-25-17)14-20(24-29-22(2,3)23(4,5)30-24)15-26-21(27)28-16-18-9-7-6-8-10-18/h6-14H,15-16H2,1-5H3,(H,26,27). The van der Waals surface area contributed by atoms with Crippen LogP contribution in [0.3, 0.4) is 0 Å². The molecule has 1 aliphatic rings. The topological polar surface area (TPSA) is 69.7 Å². The molecule has 0 unspecified atom stereocenters. The average molecular weight is 408 g/mol. The lowest BCUT2D eigenvalue weighted by molar-refractivity contribution is 0.00578. The van der Waals surface area contributed by atoms with Crippen molar-refractivity contribution in [2.75, 3.05) is 6.54 Å². The maximum absolute atomic E-state index is 12.2. The minimum atomic E-state index is -0.571. The van der Waals surface area contributed by atoms with Crippen molar-refractivity contribution in [3.05, 3.63) is 71.0 Å². The van der Waals surface area contributed by atoms with Gasteiger partial charge in [0.1, 0.15) is 6.61 Å². The molecule has 2 heterocycles. The van der Waals surface area contributed by atoms with E-state index in [2.05, 4.69) is 10.3 Å². The lowest BCUT2D eigenvalue weighted by Crippen LogP contribution is -2.41. The molecule has 0 bridgehead atoms. The third-order valence-electron chi connectivity index (χ3n) is 5.48. The SMILES string of the molecule is Cc1cc(C=C(CNC(=O)OCc2ccccc2)B2OC(C)(C)C(C)(C)O2)ccn1. The molecule has 1 aromatic heterocycles. The van der Waals surface area contributed by atoms with Gasteiger partial charge in [-0.3, -0.25) is 4.98 Å². The molecule has 0 aliphatic carbocycles. The number of carbonyl (C=O) groups excluding carboxylic acids is 1. The first-order chi connectivity index (χ1) is 14.2. The van der Waals surface area contributed by atoms with E-state index in [4.69, 9.17) is 14.0 Å². The lowest BCUT2D eigenvalue weighted by atomic mass is 9.77. The summed E-state index contributed by atoms with van der Waals surface area (Å²) in [5.41, 5.74) is 2.66. The van der Waals surface area contributed by atoms with Gasteiger partial charge in [-0.15, -0.1) is 0 Å². The van der Waals surface area contributed by atoms with Crippen LogP contribution in [-0.4, -0.2) is 35.9 Å². The highest BCUT2D eigenvalue weighted by Gasteiger charge is 2.52. The summed E-state index contributed by atoms with van der Waals surface area (Å²) in [5, 5.41) is 2.81. The maximum atomic E-state index is 12.2. The van der Waals surface area contributed by atoms with Gasteiger partial charge in [-0.2, -0.15) is 0 Å². The molecule has 1 aromatic carbocycles. The zero-order chi connectivity index (χ0) is 21.8. The molecule has 1 fully saturated rings. The number of alkyl carbamates (subject to hydrolysis) is 1. The Labute approximate surface area is 178 Å². The number of pyridine rings is 1. The molecule has 1 aliphatic heterocycles. The van der Waals surface area contributed by atoms with E-state index in [-0.39, 0.29) is 13.2 Å². The molecule has 0 radical (unpaired) electrons. The van der Waals surface area contributed by atoms with Crippen molar-refractivity contribution in [2.24, 2.45) is 0 Å². The van der Waals surface area contributed by atoms with Crippen molar-refractivity contribution in [3.8, 4) is 0 Å². The molecule has 1 N–H and O–H groups in total. The van der Waals surface area contributed by atoms with Crippen molar-refractivity contribution >= 4 is 19.3 Å².